The van der Waals surface area contributed by atoms with E-state index in [4.69, 9.17) is 0 Å². The fourth-order valence-electron chi connectivity index (χ4n) is 0.650. The van der Waals surface area contributed by atoms with Gasteiger partial charge >= 0.3 is 19.5 Å². The fourth-order valence-corrected chi connectivity index (χ4v) is 0.650. The zero-order valence-electron chi connectivity index (χ0n) is 7.62. The zero-order chi connectivity index (χ0) is 9.40. The Bertz CT molecular complexity index is 222. The topological polar surface area (TPSA) is 26.0 Å². The minimum atomic E-state index is 0. The van der Waals surface area contributed by atoms with Crippen molar-refractivity contribution in [1.29, 1.82) is 0 Å². The Kier molecular flexibility index (Phi) is 11.9. The number of benzene rings is 1. The summed E-state index contributed by atoms with van der Waals surface area (Å²) in [5.41, 5.74) is 5.94. The third-order valence-corrected chi connectivity index (χ3v) is 1.15. The maximum absolute atomic E-state index is 4.66. The van der Waals surface area contributed by atoms with Crippen LogP contribution < -0.4 is 5.73 Å². The molecule has 1 aromatic rings. The largest absolute Gasteiger partial charge is 2.00 e. The second-order valence-corrected chi connectivity index (χ2v) is 3.20. The van der Waals surface area contributed by atoms with Crippen LogP contribution in [0.25, 0.3) is 0 Å². The maximum Gasteiger partial charge on any atom is 2.00 e. The normalized spacial score (nSPS) is 7.46. The van der Waals surface area contributed by atoms with E-state index in [1.54, 1.807) is 0 Å². The summed E-state index contributed by atoms with van der Waals surface area (Å²) < 4.78 is 0.0833. The Balaban J connectivity index is 0. The summed E-state index contributed by atoms with van der Waals surface area (Å²) in [6.45, 7) is 2.13. The molecule has 1 aromatic carbocycles. The monoisotopic (exact) mass is 261 g/mol. The molecule has 0 aliphatic carbocycles. The van der Waals surface area contributed by atoms with Gasteiger partial charge in [0.1, 0.15) is 0 Å². The molecule has 66 valence electrons. The molecule has 0 bridgehead atoms. The molecule has 0 saturated heterocycles. The van der Waals surface area contributed by atoms with Crippen molar-refractivity contribution in [3.63, 3.8) is 0 Å². The molecule has 0 fully saturated rings. The number of thiocarbonyl (C=S) groups is 1. The summed E-state index contributed by atoms with van der Waals surface area (Å²) in [7, 11) is 0. The zero-order valence-corrected chi connectivity index (χ0v) is 12.2. The first kappa shape index (κ1) is 15.4. The summed E-state index contributed by atoms with van der Waals surface area (Å²) >= 11 is 8.26. The summed E-state index contributed by atoms with van der Waals surface area (Å²) in [6.07, 6.45) is 1.08. The Morgan fingerprint density at radius 3 is 2.38 bits per heavy atom. The molecule has 2 N–H and O–H groups in total. The molecule has 1 rings (SSSR count). The van der Waals surface area contributed by atoms with Crippen LogP contribution in [-0.4, -0.2) is 4.32 Å². The van der Waals surface area contributed by atoms with Crippen molar-refractivity contribution >= 4 is 29.2 Å². The van der Waals surface area contributed by atoms with Crippen LogP contribution >= 0.6 is 12.2 Å². The van der Waals surface area contributed by atoms with Crippen LogP contribution in [0.1, 0.15) is 12.5 Å². The van der Waals surface area contributed by atoms with E-state index in [1.807, 2.05) is 18.2 Å². The molecule has 0 spiro atoms. The van der Waals surface area contributed by atoms with Gasteiger partial charge in [0, 0.05) is 0 Å². The molecule has 0 unspecified atom stereocenters. The fraction of sp³-hybridized carbons (Fsp3) is 0.222. The summed E-state index contributed by atoms with van der Waals surface area (Å²) in [4.78, 5) is 0. The van der Waals surface area contributed by atoms with Crippen molar-refractivity contribution in [3.8, 4) is 0 Å². The number of hydrogen-bond acceptors (Lipinski definition) is 2. The molecule has 0 saturated carbocycles. The standard InChI is InChI=1S/C8H9.CH3NS2.Zn/c1-2-8-6-4-3-5-7-8;2-1(3)4;/h3-6H,2H2,1H3;(H3,2,3,4);/q-1;;+2/p-1. The van der Waals surface area contributed by atoms with Gasteiger partial charge in [-0.25, -0.2) is 0 Å². The third-order valence-electron chi connectivity index (χ3n) is 1.15. The smallest absolute Gasteiger partial charge is 0.415 e. The Morgan fingerprint density at radius 1 is 1.62 bits per heavy atom. The van der Waals surface area contributed by atoms with E-state index < -0.39 is 0 Å². The predicted molar refractivity (Wildman–Crippen MR) is 58.8 cm³/mol. The van der Waals surface area contributed by atoms with E-state index >= 15 is 0 Å². The maximum atomic E-state index is 4.66. The van der Waals surface area contributed by atoms with Crippen LogP contribution in [0.2, 0.25) is 0 Å². The Hall–Kier alpha value is -0.0466. The average Bonchev–Trinajstić information content (AvgIpc) is 2.05. The van der Waals surface area contributed by atoms with Crippen molar-refractivity contribution in [2.45, 2.75) is 13.3 Å². The van der Waals surface area contributed by atoms with Gasteiger partial charge < -0.3 is 30.6 Å². The van der Waals surface area contributed by atoms with Crippen LogP contribution in [0.4, 0.5) is 0 Å². The number of aryl methyl sites for hydroxylation is 1. The summed E-state index contributed by atoms with van der Waals surface area (Å²) in [6, 6.07) is 11.2. The van der Waals surface area contributed by atoms with Gasteiger partial charge in [0.05, 0.1) is 0 Å². The number of hydrogen-bond donors (Lipinski definition) is 1. The Morgan fingerprint density at radius 2 is 2.15 bits per heavy atom. The van der Waals surface area contributed by atoms with E-state index in [0.717, 1.165) is 6.42 Å². The summed E-state index contributed by atoms with van der Waals surface area (Å²) in [5, 5.41) is 0. The molecule has 0 aromatic heterocycles. The minimum absolute atomic E-state index is 0. The summed E-state index contributed by atoms with van der Waals surface area (Å²) in [5.74, 6) is 0. The minimum Gasteiger partial charge on any atom is -0.415 e. The third kappa shape index (κ3) is 12.0. The van der Waals surface area contributed by atoms with Gasteiger partial charge in [0.2, 0.25) is 0 Å². The van der Waals surface area contributed by atoms with E-state index in [2.05, 4.69) is 49.6 Å². The van der Waals surface area contributed by atoms with Gasteiger partial charge in [-0.15, -0.1) is 0 Å². The van der Waals surface area contributed by atoms with Crippen LogP contribution in [0.3, 0.4) is 0 Å². The molecule has 0 aliphatic rings. The molecular formula is C9H11NS2Zn. The molecule has 0 atom stereocenters. The number of nitrogens with two attached hydrogens (primary N) is 1. The van der Waals surface area contributed by atoms with E-state index in [-0.39, 0.29) is 23.8 Å². The molecular weight excluding hydrogens is 252 g/mol. The van der Waals surface area contributed by atoms with Gasteiger partial charge in [-0.05, 0) is 0 Å². The van der Waals surface area contributed by atoms with Crippen LogP contribution in [0.5, 0.6) is 0 Å². The second kappa shape index (κ2) is 10.0. The van der Waals surface area contributed by atoms with Crippen molar-refractivity contribution in [2.24, 2.45) is 5.73 Å². The van der Waals surface area contributed by atoms with E-state index in [0.29, 0.717) is 0 Å². The predicted octanol–water partition coefficient (Wildman–Crippen LogP) is 1.82. The SMILES string of the molecule is CCc1[c-]cccc1.NC(=S)[S-].[Zn+2]. The molecule has 0 heterocycles. The van der Waals surface area contributed by atoms with Gasteiger partial charge in [-0.1, -0.05) is 17.7 Å². The molecule has 0 radical (unpaired) electrons. The first-order valence-corrected chi connectivity index (χ1v) is 4.40. The van der Waals surface area contributed by atoms with Crippen molar-refractivity contribution < 1.29 is 19.5 Å². The van der Waals surface area contributed by atoms with Crippen molar-refractivity contribution in [3.05, 3.63) is 35.9 Å². The molecule has 0 aliphatic heterocycles. The molecule has 0 amide bonds. The average molecular weight is 263 g/mol. The second-order valence-electron chi connectivity index (χ2n) is 2.06. The van der Waals surface area contributed by atoms with E-state index in [9.17, 15) is 0 Å². The quantitative estimate of drug-likeness (QED) is 0.362. The van der Waals surface area contributed by atoms with Crippen LogP contribution in [-0.2, 0) is 38.5 Å². The van der Waals surface area contributed by atoms with Gasteiger partial charge in [-0.3, -0.25) is 0 Å². The van der Waals surface area contributed by atoms with Crippen LogP contribution in [0, 0.1) is 6.07 Å². The first-order chi connectivity index (χ1) is 5.66. The van der Waals surface area contributed by atoms with Gasteiger partial charge in [-0.2, -0.15) is 35.9 Å². The Labute approximate surface area is 103 Å². The molecule has 4 heteroatoms. The van der Waals surface area contributed by atoms with Gasteiger partial charge in [0.15, 0.2) is 0 Å². The van der Waals surface area contributed by atoms with Gasteiger partial charge in [0.25, 0.3) is 0 Å². The molecule has 13 heavy (non-hydrogen) atoms. The van der Waals surface area contributed by atoms with Crippen molar-refractivity contribution in [2.75, 3.05) is 0 Å². The van der Waals surface area contributed by atoms with Crippen molar-refractivity contribution in [1.82, 2.24) is 0 Å². The number of rotatable bonds is 1. The first-order valence-electron chi connectivity index (χ1n) is 3.58. The van der Waals surface area contributed by atoms with E-state index in [1.165, 1.54) is 5.56 Å². The van der Waals surface area contributed by atoms with Crippen LogP contribution in [0.15, 0.2) is 24.3 Å². The molecule has 1 nitrogen and oxygen atoms in total.